The zero-order chi connectivity index (χ0) is 15.9. The van der Waals surface area contributed by atoms with Crippen molar-refractivity contribution < 1.29 is 4.79 Å². The normalized spacial score (nSPS) is 12.1. The van der Waals surface area contributed by atoms with Gasteiger partial charge in [-0.3, -0.25) is 4.79 Å². The number of benzene rings is 2. The van der Waals surface area contributed by atoms with Crippen LogP contribution in [-0.2, 0) is 7.05 Å². The summed E-state index contributed by atoms with van der Waals surface area (Å²) in [6.45, 7) is 0. The van der Waals surface area contributed by atoms with Crippen molar-refractivity contribution >= 4 is 62.3 Å². The number of halogens is 3. The monoisotopic (exact) mass is 370 g/mol. The number of fused-ring (bicyclic) bond motifs is 1. The number of thiazole rings is 1. The van der Waals surface area contributed by atoms with Gasteiger partial charge in [-0.2, -0.15) is 4.99 Å². The number of aryl methyl sites for hydroxylation is 1. The van der Waals surface area contributed by atoms with Crippen molar-refractivity contribution in [2.75, 3.05) is 0 Å². The smallest absolute Gasteiger partial charge is 0.279 e. The molecule has 0 unspecified atom stereocenters. The van der Waals surface area contributed by atoms with Crippen LogP contribution < -0.4 is 4.80 Å². The average molecular weight is 372 g/mol. The SMILES string of the molecule is Cn1c(=NC(=O)c2ccc(Cl)cc2)sc2cc(Cl)cc(Cl)c21. The predicted octanol–water partition coefficient (Wildman–Crippen LogP) is 4.94. The molecule has 22 heavy (non-hydrogen) atoms. The second-order valence-corrected chi connectivity index (χ2v) is 6.89. The molecule has 0 bridgehead atoms. The second kappa shape index (κ2) is 6.05. The van der Waals surface area contributed by atoms with Crippen molar-refractivity contribution in [1.82, 2.24) is 4.57 Å². The minimum atomic E-state index is -0.332. The molecule has 3 nitrogen and oxygen atoms in total. The first kappa shape index (κ1) is 15.6. The molecule has 1 heterocycles. The molecule has 2 aromatic carbocycles. The first-order valence-corrected chi connectivity index (χ1v) is 8.20. The van der Waals surface area contributed by atoms with E-state index in [9.17, 15) is 4.79 Å². The van der Waals surface area contributed by atoms with Crippen molar-refractivity contribution in [2.45, 2.75) is 0 Å². The lowest BCUT2D eigenvalue weighted by Crippen LogP contribution is -2.13. The van der Waals surface area contributed by atoms with E-state index >= 15 is 0 Å². The molecule has 0 saturated carbocycles. The standard InChI is InChI=1S/C15H9Cl3N2OS/c1-20-13-11(18)6-10(17)7-12(13)22-15(20)19-14(21)8-2-4-9(16)5-3-8/h2-7H,1H3. The van der Waals surface area contributed by atoms with Crippen LogP contribution in [0.25, 0.3) is 10.2 Å². The summed E-state index contributed by atoms with van der Waals surface area (Å²) in [6.07, 6.45) is 0. The molecule has 112 valence electrons. The highest BCUT2D eigenvalue weighted by molar-refractivity contribution is 7.16. The predicted molar refractivity (Wildman–Crippen MR) is 92.2 cm³/mol. The summed E-state index contributed by atoms with van der Waals surface area (Å²) in [7, 11) is 1.81. The Balaban J connectivity index is 2.13. The number of rotatable bonds is 1. The third kappa shape index (κ3) is 2.92. The third-order valence-electron chi connectivity index (χ3n) is 3.11. The van der Waals surface area contributed by atoms with E-state index in [1.165, 1.54) is 11.3 Å². The van der Waals surface area contributed by atoms with Gasteiger partial charge in [0.25, 0.3) is 5.91 Å². The Morgan fingerprint density at radius 2 is 1.77 bits per heavy atom. The summed E-state index contributed by atoms with van der Waals surface area (Å²) in [5, 5.41) is 1.65. The number of carbonyl (C=O) groups excluding carboxylic acids is 1. The molecular weight excluding hydrogens is 363 g/mol. The quantitative estimate of drug-likeness (QED) is 0.596. The number of amides is 1. The Labute approximate surface area is 145 Å². The molecule has 0 aliphatic heterocycles. The highest BCUT2D eigenvalue weighted by Gasteiger charge is 2.10. The molecule has 7 heteroatoms. The van der Waals surface area contributed by atoms with Crippen molar-refractivity contribution in [3.63, 3.8) is 0 Å². The van der Waals surface area contributed by atoms with Crippen LogP contribution in [0.15, 0.2) is 41.4 Å². The first-order chi connectivity index (χ1) is 10.5. The molecule has 0 saturated heterocycles. The molecule has 1 aromatic heterocycles. The maximum absolute atomic E-state index is 12.2. The summed E-state index contributed by atoms with van der Waals surface area (Å²) in [6, 6.07) is 10.1. The Morgan fingerprint density at radius 3 is 2.45 bits per heavy atom. The Bertz CT molecular complexity index is 942. The number of aromatic nitrogens is 1. The lowest BCUT2D eigenvalue weighted by molar-refractivity contribution is 0.0998. The molecule has 0 spiro atoms. The van der Waals surface area contributed by atoms with Crippen LogP contribution in [0.5, 0.6) is 0 Å². The maximum Gasteiger partial charge on any atom is 0.279 e. The van der Waals surface area contributed by atoms with E-state index in [4.69, 9.17) is 34.8 Å². The molecule has 0 radical (unpaired) electrons. The molecule has 3 aromatic rings. The van der Waals surface area contributed by atoms with Crippen molar-refractivity contribution in [1.29, 1.82) is 0 Å². The molecular formula is C15H9Cl3N2OS. The van der Waals surface area contributed by atoms with Gasteiger partial charge in [0.05, 0.1) is 15.2 Å². The van der Waals surface area contributed by atoms with Gasteiger partial charge in [0, 0.05) is 22.7 Å². The van der Waals surface area contributed by atoms with E-state index in [1.807, 2.05) is 7.05 Å². The lowest BCUT2D eigenvalue weighted by atomic mass is 10.2. The van der Waals surface area contributed by atoms with E-state index < -0.39 is 0 Å². The van der Waals surface area contributed by atoms with Crippen molar-refractivity contribution in [2.24, 2.45) is 12.0 Å². The van der Waals surface area contributed by atoms with Crippen molar-refractivity contribution in [3.05, 3.63) is 61.8 Å². The van der Waals surface area contributed by atoms with Gasteiger partial charge in [0.15, 0.2) is 4.80 Å². The molecule has 0 fully saturated rings. The highest BCUT2D eigenvalue weighted by atomic mass is 35.5. The van der Waals surface area contributed by atoms with Crippen molar-refractivity contribution in [3.8, 4) is 0 Å². The minimum Gasteiger partial charge on any atom is -0.318 e. The lowest BCUT2D eigenvalue weighted by Gasteiger charge is -1.99. The zero-order valence-electron chi connectivity index (χ0n) is 11.3. The van der Waals surface area contributed by atoms with Gasteiger partial charge in [-0.05, 0) is 36.4 Å². The van der Waals surface area contributed by atoms with Crippen LogP contribution in [0.2, 0.25) is 15.1 Å². The van der Waals surface area contributed by atoms with Gasteiger partial charge in [0.1, 0.15) is 0 Å². The summed E-state index contributed by atoms with van der Waals surface area (Å²) in [5.41, 5.74) is 1.28. The van der Waals surface area contributed by atoms with Gasteiger partial charge in [-0.25, -0.2) is 0 Å². The molecule has 0 aliphatic carbocycles. The summed E-state index contributed by atoms with van der Waals surface area (Å²) < 4.78 is 2.66. The fraction of sp³-hybridized carbons (Fsp3) is 0.0667. The van der Waals surface area contributed by atoms with Crippen LogP contribution in [-0.4, -0.2) is 10.5 Å². The summed E-state index contributed by atoms with van der Waals surface area (Å²) in [5.74, 6) is -0.332. The first-order valence-electron chi connectivity index (χ1n) is 6.25. The topological polar surface area (TPSA) is 34.4 Å². The van der Waals surface area contributed by atoms with Gasteiger partial charge in [0.2, 0.25) is 0 Å². The van der Waals surface area contributed by atoms with Gasteiger partial charge in [-0.15, -0.1) is 0 Å². The fourth-order valence-corrected chi connectivity index (χ4v) is 4.00. The average Bonchev–Trinajstić information content (AvgIpc) is 2.75. The van der Waals surface area contributed by atoms with Gasteiger partial charge >= 0.3 is 0 Å². The van der Waals surface area contributed by atoms with Crippen LogP contribution in [0.4, 0.5) is 0 Å². The van der Waals surface area contributed by atoms with E-state index in [-0.39, 0.29) is 5.91 Å². The largest absolute Gasteiger partial charge is 0.318 e. The van der Waals surface area contributed by atoms with Crippen LogP contribution in [0.3, 0.4) is 0 Å². The zero-order valence-corrected chi connectivity index (χ0v) is 14.4. The minimum absolute atomic E-state index is 0.332. The Hall–Kier alpha value is -1.33. The van der Waals surface area contributed by atoms with E-state index in [2.05, 4.69) is 4.99 Å². The number of carbonyl (C=O) groups is 1. The maximum atomic E-state index is 12.2. The van der Waals surface area contributed by atoms with Crippen LogP contribution >= 0.6 is 46.1 Å². The van der Waals surface area contributed by atoms with E-state index in [0.29, 0.717) is 25.4 Å². The van der Waals surface area contributed by atoms with Crippen LogP contribution in [0.1, 0.15) is 10.4 Å². The Kier molecular flexibility index (Phi) is 4.28. The summed E-state index contributed by atoms with van der Waals surface area (Å²) in [4.78, 5) is 16.9. The fourth-order valence-electron chi connectivity index (χ4n) is 2.05. The third-order valence-corrected chi connectivity index (χ3v) is 4.94. The number of nitrogens with zero attached hydrogens (tertiary/aromatic N) is 2. The molecule has 0 atom stereocenters. The molecule has 0 aliphatic rings. The second-order valence-electron chi connectivity index (χ2n) is 4.60. The van der Waals surface area contributed by atoms with E-state index in [0.717, 1.165) is 10.2 Å². The van der Waals surface area contributed by atoms with Gasteiger partial charge in [-0.1, -0.05) is 46.1 Å². The number of hydrogen-bond acceptors (Lipinski definition) is 2. The van der Waals surface area contributed by atoms with Crippen LogP contribution in [0, 0.1) is 0 Å². The molecule has 0 N–H and O–H groups in total. The highest BCUT2D eigenvalue weighted by Crippen LogP contribution is 2.29. The van der Waals surface area contributed by atoms with Gasteiger partial charge < -0.3 is 4.57 Å². The Morgan fingerprint density at radius 1 is 1.09 bits per heavy atom. The molecule has 3 rings (SSSR count). The molecule has 1 amide bonds. The number of hydrogen-bond donors (Lipinski definition) is 0. The summed E-state index contributed by atoms with van der Waals surface area (Å²) >= 11 is 19.4. The van der Waals surface area contributed by atoms with E-state index in [1.54, 1.807) is 41.0 Å².